The number of carbonyl (C=O) groups excluding carboxylic acids is 2. The summed E-state index contributed by atoms with van der Waals surface area (Å²) in [6.07, 6.45) is 6.62. The maximum Gasteiger partial charge on any atom is 0.306 e. The molecule has 3 unspecified atom stereocenters. The molecule has 0 fully saturated rings. The highest BCUT2D eigenvalue weighted by molar-refractivity contribution is 7.99. The van der Waals surface area contributed by atoms with Gasteiger partial charge in [-0.05, 0) is 49.1 Å². The third-order valence-electron chi connectivity index (χ3n) is 8.75. The number of unbranched alkanes of at least 4 members (excludes halogenated alkanes) is 1. The molecule has 10 nitrogen and oxygen atoms in total. The van der Waals surface area contributed by atoms with Crippen molar-refractivity contribution < 1.29 is 32.6 Å². The zero-order chi connectivity index (χ0) is 35.6. The van der Waals surface area contributed by atoms with Gasteiger partial charge in [0, 0.05) is 23.7 Å². The summed E-state index contributed by atoms with van der Waals surface area (Å²) in [5.74, 6) is -1.99. The van der Waals surface area contributed by atoms with Crippen LogP contribution in [-0.4, -0.2) is 68.1 Å². The van der Waals surface area contributed by atoms with Gasteiger partial charge in [-0.1, -0.05) is 75.2 Å². The predicted octanol–water partition coefficient (Wildman–Crippen LogP) is 6.44. The molecule has 3 aromatic carbocycles. The molecule has 0 saturated heterocycles. The van der Waals surface area contributed by atoms with E-state index in [0.29, 0.717) is 29.1 Å². The smallest absolute Gasteiger partial charge is 0.306 e. The van der Waals surface area contributed by atoms with Crippen molar-refractivity contribution in [1.29, 1.82) is 0 Å². The van der Waals surface area contributed by atoms with Crippen molar-refractivity contribution in [3.8, 4) is 5.75 Å². The number of carbonyl (C=O) groups is 3. The largest absolute Gasteiger partial charge is 0.483 e. The van der Waals surface area contributed by atoms with E-state index in [0.717, 1.165) is 24.9 Å². The zero-order valence-electron chi connectivity index (χ0n) is 28.3. The van der Waals surface area contributed by atoms with E-state index < -0.39 is 51.1 Å². The van der Waals surface area contributed by atoms with Crippen LogP contribution in [0.4, 0.5) is 11.4 Å². The van der Waals surface area contributed by atoms with Gasteiger partial charge in [0.15, 0.2) is 16.4 Å². The quantitative estimate of drug-likeness (QED) is 0.112. The lowest BCUT2D eigenvalue weighted by Crippen LogP contribution is -2.45. The monoisotopic (exact) mass is 727 g/mol. The van der Waals surface area contributed by atoms with E-state index in [2.05, 4.69) is 29.4 Å². The number of carboxylic acid groups (broad SMARTS) is 1. The lowest BCUT2D eigenvalue weighted by molar-refractivity contribution is -0.137. The molecule has 0 aliphatic carbocycles. The van der Waals surface area contributed by atoms with E-state index in [1.807, 2.05) is 42.7 Å². The average molecular weight is 728 g/mol. The molecule has 1 heterocycles. The first kappa shape index (κ1) is 38.1. The van der Waals surface area contributed by atoms with Crippen LogP contribution in [-0.2, 0) is 24.2 Å². The number of sulfone groups is 1. The second-order valence-corrected chi connectivity index (χ2v) is 16.0. The van der Waals surface area contributed by atoms with Crippen LogP contribution in [0.15, 0.2) is 82.6 Å². The topological polar surface area (TPSA) is 142 Å². The van der Waals surface area contributed by atoms with Gasteiger partial charge in [0.25, 0.3) is 5.91 Å². The first-order valence-corrected chi connectivity index (χ1v) is 20.4. The molecule has 3 N–H and O–H groups in total. The zero-order valence-corrected chi connectivity index (χ0v) is 30.8. The molecule has 264 valence electrons. The maximum absolute atomic E-state index is 14.2. The number of hydrogen-bond donors (Lipinski definition) is 3. The Bertz CT molecular complexity index is 1710. The Labute approximate surface area is 297 Å². The summed E-state index contributed by atoms with van der Waals surface area (Å²) in [6.45, 7) is 4.23. The summed E-state index contributed by atoms with van der Waals surface area (Å²) < 4.78 is 34.4. The Hall–Kier alpha value is -3.68. The number of fused-ring (bicyclic) bond motifs is 1. The van der Waals surface area contributed by atoms with Gasteiger partial charge in [-0.25, -0.2) is 8.42 Å². The minimum Gasteiger partial charge on any atom is -0.483 e. The van der Waals surface area contributed by atoms with E-state index in [4.69, 9.17) is 4.74 Å². The highest BCUT2D eigenvalue weighted by atomic mass is 32.2. The molecular weight excluding hydrogens is 683 g/mol. The van der Waals surface area contributed by atoms with Crippen molar-refractivity contribution in [3.63, 3.8) is 0 Å². The van der Waals surface area contributed by atoms with Crippen LogP contribution in [0.3, 0.4) is 0 Å². The summed E-state index contributed by atoms with van der Waals surface area (Å²) >= 11 is 2.56. The molecule has 49 heavy (non-hydrogen) atoms. The number of carboxylic acids is 1. The highest BCUT2D eigenvalue weighted by Crippen LogP contribution is 2.47. The van der Waals surface area contributed by atoms with Crippen molar-refractivity contribution in [2.75, 3.05) is 36.3 Å². The molecule has 0 aromatic heterocycles. The number of aliphatic carboxylic acids is 1. The predicted molar refractivity (Wildman–Crippen MR) is 196 cm³/mol. The molecule has 1 aliphatic rings. The van der Waals surface area contributed by atoms with Gasteiger partial charge >= 0.3 is 5.97 Å². The standard InChI is InChI=1S/C36H45N3O7S3/c1-5-7-18-36(6-2)23-39(26-16-12-9-13-17-26)27-19-29(47-3)28(20-30(27)49(44,45)24-36)46-22-31(40)37-34(25-14-10-8-11-15-25)35(43)38-32(48-4)21-33(41)42/h8-17,19-20,32,34H,5-7,18,21-24H2,1-4H3,(H,37,40)(H,38,43)(H,41,42). The van der Waals surface area contributed by atoms with E-state index in [1.54, 1.807) is 36.6 Å². The number of nitrogens with one attached hydrogen (secondary N) is 2. The van der Waals surface area contributed by atoms with Gasteiger partial charge in [0.05, 0.1) is 33.0 Å². The summed E-state index contributed by atoms with van der Waals surface area (Å²) in [7, 11) is -3.77. The molecule has 3 atom stereocenters. The fourth-order valence-corrected chi connectivity index (χ4v) is 9.30. The lowest BCUT2D eigenvalue weighted by Gasteiger charge is -2.36. The van der Waals surface area contributed by atoms with Gasteiger partial charge in [-0.2, -0.15) is 0 Å². The number of ether oxygens (including phenoxy) is 1. The number of para-hydroxylation sites is 1. The Kier molecular flexibility index (Phi) is 13.5. The second kappa shape index (κ2) is 17.3. The van der Waals surface area contributed by atoms with Crippen LogP contribution < -0.4 is 20.3 Å². The van der Waals surface area contributed by atoms with Gasteiger partial charge in [0.1, 0.15) is 11.8 Å². The van der Waals surface area contributed by atoms with Crippen LogP contribution in [0.5, 0.6) is 5.75 Å². The number of rotatable bonds is 16. The van der Waals surface area contributed by atoms with Crippen molar-refractivity contribution in [2.45, 2.75) is 67.2 Å². The van der Waals surface area contributed by atoms with Crippen molar-refractivity contribution in [3.05, 3.63) is 78.4 Å². The Balaban J connectivity index is 1.65. The normalized spacial score (nSPS) is 18.0. The molecule has 0 spiro atoms. The number of thioether (sulfide) groups is 2. The summed E-state index contributed by atoms with van der Waals surface area (Å²) in [5, 5.41) is 13.9. The number of anilines is 2. The third kappa shape index (κ3) is 9.73. The summed E-state index contributed by atoms with van der Waals surface area (Å²) in [4.78, 5) is 40.8. The molecule has 1 aliphatic heterocycles. The molecular formula is C36H45N3O7S3. The molecule has 4 rings (SSSR count). The highest BCUT2D eigenvalue weighted by Gasteiger charge is 2.42. The second-order valence-electron chi connectivity index (χ2n) is 12.1. The fourth-order valence-electron chi connectivity index (χ4n) is 6.03. The minimum atomic E-state index is -3.77. The minimum absolute atomic E-state index is 0.00183. The van der Waals surface area contributed by atoms with Crippen LogP contribution in [0.2, 0.25) is 0 Å². The molecule has 2 amide bonds. The van der Waals surface area contributed by atoms with Crippen LogP contribution in [0, 0.1) is 5.41 Å². The molecule has 13 heteroatoms. The molecule has 0 saturated carbocycles. The SMILES string of the molecule is CCCCC1(CC)CN(c2ccccc2)c2cc(SC)c(OCC(=O)NC(C(=O)NC(CC(=O)O)SC)c3ccccc3)cc2S(=O)(=O)C1. The van der Waals surface area contributed by atoms with Gasteiger partial charge in [-0.15, -0.1) is 23.5 Å². The number of benzene rings is 3. The van der Waals surface area contributed by atoms with Crippen molar-refractivity contribution in [2.24, 2.45) is 5.41 Å². The van der Waals surface area contributed by atoms with Gasteiger partial charge in [-0.3, -0.25) is 14.4 Å². The third-order valence-corrected chi connectivity index (χ3v) is 12.3. The van der Waals surface area contributed by atoms with Crippen molar-refractivity contribution >= 4 is 62.5 Å². The summed E-state index contributed by atoms with van der Waals surface area (Å²) in [5.41, 5.74) is 1.52. The summed E-state index contributed by atoms with van der Waals surface area (Å²) in [6, 6.07) is 20.7. The molecule has 3 aromatic rings. The average Bonchev–Trinajstić information content (AvgIpc) is 3.19. The van der Waals surface area contributed by atoms with Crippen LogP contribution >= 0.6 is 23.5 Å². The van der Waals surface area contributed by atoms with E-state index in [-0.39, 0.29) is 22.8 Å². The van der Waals surface area contributed by atoms with Gasteiger partial charge < -0.3 is 25.4 Å². The maximum atomic E-state index is 14.2. The Morgan fingerprint density at radius 1 is 1.00 bits per heavy atom. The van der Waals surface area contributed by atoms with Crippen LogP contribution in [0.1, 0.15) is 57.6 Å². The van der Waals surface area contributed by atoms with Crippen molar-refractivity contribution in [1.82, 2.24) is 10.6 Å². The van der Waals surface area contributed by atoms with E-state index >= 15 is 0 Å². The Morgan fingerprint density at radius 2 is 1.67 bits per heavy atom. The fraction of sp³-hybridized carbons (Fsp3) is 0.417. The number of nitrogens with zero attached hydrogens (tertiary/aromatic N) is 1. The molecule has 0 radical (unpaired) electrons. The number of hydrogen-bond acceptors (Lipinski definition) is 9. The van der Waals surface area contributed by atoms with E-state index in [9.17, 15) is 27.9 Å². The lowest BCUT2D eigenvalue weighted by atomic mass is 9.81. The first-order chi connectivity index (χ1) is 23.5. The first-order valence-electron chi connectivity index (χ1n) is 16.2. The van der Waals surface area contributed by atoms with Crippen LogP contribution in [0.25, 0.3) is 0 Å². The van der Waals surface area contributed by atoms with Gasteiger partial charge in [0.2, 0.25) is 5.91 Å². The Morgan fingerprint density at radius 3 is 2.27 bits per heavy atom. The van der Waals surface area contributed by atoms with E-state index in [1.165, 1.54) is 29.6 Å². The molecule has 0 bridgehead atoms. The number of amides is 2.